The van der Waals surface area contributed by atoms with Crippen molar-refractivity contribution in [1.29, 1.82) is 0 Å². The largest absolute Gasteiger partial charge is 0.265 e. The molecule has 0 aliphatic heterocycles. The monoisotopic (exact) mass is 419 g/mol. The standard InChI is InChI=1S/C14H12BrFIN/c1-9(10-4-6-18-7-5-10)14(15)12-3-2-11(16)8-13(12)17/h2-9,14H,1H3. The smallest absolute Gasteiger partial charge is 0.124 e. The average molecular weight is 420 g/mol. The van der Waals surface area contributed by atoms with E-state index in [9.17, 15) is 4.39 Å². The molecule has 1 aromatic heterocycles. The maximum atomic E-state index is 13.1. The van der Waals surface area contributed by atoms with Gasteiger partial charge in [-0.25, -0.2) is 4.39 Å². The molecule has 0 fully saturated rings. The number of aromatic nitrogens is 1. The normalized spacial score (nSPS) is 14.2. The van der Waals surface area contributed by atoms with Gasteiger partial charge in [-0.2, -0.15) is 0 Å². The summed E-state index contributed by atoms with van der Waals surface area (Å²) in [5.41, 5.74) is 2.33. The number of halogens is 3. The molecule has 1 aromatic carbocycles. The number of benzene rings is 1. The van der Waals surface area contributed by atoms with Crippen molar-refractivity contribution in [2.75, 3.05) is 0 Å². The third kappa shape index (κ3) is 3.09. The van der Waals surface area contributed by atoms with Crippen LogP contribution in [0.3, 0.4) is 0 Å². The zero-order valence-corrected chi connectivity index (χ0v) is 13.5. The van der Waals surface area contributed by atoms with Crippen molar-refractivity contribution in [3.63, 3.8) is 0 Å². The molecule has 0 saturated heterocycles. The Morgan fingerprint density at radius 3 is 2.50 bits per heavy atom. The van der Waals surface area contributed by atoms with Crippen LogP contribution in [0.5, 0.6) is 0 Å². The predicted molar refractivity (Wildman–Crippen MR) is 83.4 cm³/mol. The van der Waals surface area contributed by atoms with Gasteiger partial charge < -0.3 is 0 Å². The molecule has 0 amide bonds. The Morgan fingerprint density at radius 1 is 1.22 bits per heavy atom. The Hall–Kier alpha value is -0.490. The van der Waals surface area contributed by atoms with Crippen molar-refractivity contribution in [2.24, 2.45) is 0 Å². The first kappa shape index (κ1) is 13.9. The SMILES string of the molecule is CC(c1ccncc1)C(Br)c1ccc(F)cc1I. The maximum Gasteiger partial charge on any atom is 0.124 e. The van der Waals surface area contributed by atoms with E-state index in [-0.39, 0.29) is 10.6 Å². The second-order valence-corrected chi connectivity index (χ2v) is 6.29. The Morgan fingerprint density at radius 2 is 1.89 bits per heavy atom. The van der Waals surface area contributed by atoms with Crippen molar-refractivity contribution in [2.45, 2.75) is 17.7 Å². The summed E-state index contributed by atoms with van der Waals surface area (Å²) in [6.07, 6.45) is 3.59. The molecule has 0 saturated carbocycles. The zero-order chi connectivity index (χ0) is 13.1. The highest BCUT2D eigenvalue weighted by Crippen LogP contribution is 2.39. The van der Waals surface area contributed by atoms with Crippen molar-refractivity contribution in [1.82, 2.24) is 4.98 Å². The summed E-state index contributed by atoms with van der Waals surface area (Å²) in [4.78, 5) is 4.18. The van der Waals surface area contributed by atoms with Gasteiger partial charge in [0.25, 0.3) is 0 Å². The van der Waals surface area contributed by atoms with E-state index in [1.165, 1.54) is 11.6 Å². The van der Waals surface area contributed by atoms with Crippen LogP contribution in [0.1, 0.15) is 28.8 Å². The molecule has 0 bridgehead atoms. The van der Waals surface area contributed by atoms with Crippen LogP contribution in [0.25, 0.3) is 0 Å². The molecular formula is C14H12BrFIN. The molecule has 2 unspecified atom stereocenters. The highest BCUT2D eigenvalue weighted by atomic mass is 127. The molecule has 0 radical (unpaired) electrons. The Labute approximate surface area is 128 Å². The number of alkyl halides is 1. The van der Waals surface area contributed by atoms with Gasteiger partial charge in [0, 0.05) is 20.8 Å². The summed E-state index contributed by atoms with van der Waals surface area (Å²) >= 11 is 5.89. The summed E-state index contributed by atoms with van der Waals surface area (Å²) in [5, 5.41) is 0. The van der Waals surface area contributed by atoms with E-state index in [1.807, 2.05) is 18.2 Å². The van der Waals surface area contributed by atoms with Crippen LogP contribution in [0.15, 0.2) is 42.7 Å². The molecule has 18 heavy (non-hydrogen) atoms. The lowest BCUT2D eigenvalue weighted by Gasteiger charge is -2.20. The lowest BCUT2D eigenvalue weighted by molar-refractivity contribution is 0.624. The fourth-order valence-electron chi connectivity index (χ4n) is 1.83. The second-order valence-electron chi connectivity index (χ2n) is 4.14. The van der Waals surface area contributed by atoms with Crippen LogP contribution in [0.2, 0.25) is 0 Å². The third-order valence-corrected chi connectivity index (χ3v) is 5.15. The Bertz CT molecular complexity index is 533. The Kier molecular flexibility index (Phi) is 4.72. The van der Waals surface area contributed by atoms with E-state index < -0.39 is 0 Å². The van der Waals surface area contributed by atoms with Crippen molar-refractivity contribution >= 4 is 38.5 Å². The molecule has 2 aromatic rings. The van der Waals surface area contributed by atoms with E-state index in [4.69, 9.17) is 0 Å². The summed E-state index contributed by atoms with van der Waals surface area (Å²) in [6.45, 7) is 2.15. The fourth-order valence-corrected chi connectivity index (χ4v) is 3.78. The van der Waals surface area contributed by atoms with Gasteiger partial charge in [0.1, 0.15) is 5.82 Å². The molecule has 1 heterocycles. The quantitative estimate of drug-likeness (QED) is 0.500. The van der Waals surface area contributed by atoms with Crippen LogP contribution < -0.4 is 0 Å². The van der Waals surface area contributed by atoms with Crippen molar-refractivity contribution < 1.29 is 4.39 Å². The van der Waals surface area contributed by atoms with E-state index in [0.29, 0.717) is 5.92 Å². The van der Waals surface area contributed by atoms with Crippen LogP contribution in [0.4, 0.5) is 4.39 Å². The van der Waals surface area contributed by atoms with E-state index in [2.05, 4.69) is 50.4 Å². The van der Waals surface area contributed by atoms with Gasteiger partial charge in [0.15, 0.2) is 0 Å². The van der Waals surface area contributed by atoms with Gasteiger partial charge >= 0.3 is 0 Å². The van der Waals surface area contributed by atoms with Gasteiger partial charge in [-0.1, -0.05) is 28.9 Å². The first-order chi connectivity index (χ1) is 8.59. The predicted octanol–water partition coefficient (Wildman–Crippen LogP) is 5.07. The van der Waals surface area contributed by atoms with Gasteiger partial charge in [-0.3, -0.25) is 4.98 Å². The van der Waals surface area contributed by atoms with E-state index in [1.54, 1.807) is 18.5 Å². The Balaban J connectivity index is 2.28. The minimum absolute atomic E-state index is 0.160. The number of hydrogen-bond donors (Lipinski definition) is 0. The number of nitrogens with zero attached hydrogens (tertiary/aromatic N) is 1. The molecule has 1 nitrogen and oxygen atoms in total. The summed E-state index contributed by atoms with van der Waals surface area (Å²) in [5.74, 6) is 0.103. The minimum Gasteiger partial charge on any atom is -0.265 e. The molecule has 2 rings (SSSR count). The first-order valence-corrected chi connectivity index (χ1v) is 7.58. The van der Waals surface area contributed by atoms with Gasteiger partial charge in [-0.15, -0.1) is 0 Å². The minimum atomic E-state index is -0.195. The topological polar surface area (TPSA) is 12.9 Å². The van der Waals surface area contributed by atoms with Crippen LogP contribution >= 0.6 is 38.5 Å². The molecule has 0 aliphatic rings. The second kappa shape index (κ2) is 6.10. The molecule has 0 spiro atoms. The molecular weight excluding hydrogens is 408 g/mol. The van der Waals surface area contributed by atoms with Crippen molar-refractivity contribution in [3.8, 4) is 0 Å². The van der Waals surface area contributed by atoms with Crippen LogP contribution in [0, 0.1) is 9.39 Å². The average Bonchev–Trinajstić information content (AvgIpc) is 2.38. The molecule has 94 valence electrons. The number of rotatable bonds is 3. The molecule has 2 atom stereocenters. The van der Waals surface area contributed by atoms with E-state index >= 15 is 0 Å². The summed E-state index contributed by atoms with van der Waals surface area (Å²) in [7, 11) is 0. The third-order valence-electron chi connectivity index (χ3n) is 2.93. The highest BCUT2D eigenvalue weighted by Gasteiger charge is 2.20. The maximum absolute atomic E-state index is 13.1. The molecule has 0 aliphatic carbocycles. The molecule has 0 N–H and O–H groups in total. The first-order valence-electron chi connectivity index (χ1n) is 5.58. The zero-order valence-electron chi connectivity index (χ0n) is 9.78. The molecule has 4 heteroatoms. The van der Waals surface area contributed by atoms with Crippen molar-refractivity contribution in [3.05, 3.63) is 63.2 Å². The number of pyridine rings is 1. The van der Waals surface area contributed by atoms with Crippen LogP contribution in [-0.4, -0.2) is 4.98 Å². The number of hydrogen-bond acceptors (Lipinski definition) is 1. The summed E-state index contributed by atoms with van der Waals surface area (Å²) in [6, 6.07) is 8.92. The van der Waals surface area contributed by atoms with Crippen LogP contribution in [-0.2, 0) is 0 Å². The van der Waals surface area contributed by atoms with Gasteiger partial charge in [0.2, 0.25) is 0 Å². The lowest BCUT2D eigenvalue weighted by Crippen LogP contribution is -2.04. The van der Waals surface area contributed by atoms with Gasteiger partial charge in [0.05, 0.1) is 0 Å². The lowest BCUT2D eigenvalue weighted by atomic mass is 9.94. The highest BCUT2D eigenvalue weighted by molar-refractivity contribution is 14.1. The van der Waals surface area contributed by atoms with Gasteiger partial charge in [-0.05, 0) is 63.9 Å². The fraction of sp³-hybridized carbons (Fsp3) is 0.214. The summed E-state index contributed by atoms with van der Waals surface area (Å²) < 4.78 is 14.0. The van der Waals surface area contributed by atoms with E-state index in [0.717, 1.165) is 9.13 Å².